The molecule has 1 aromatic carbocycles. The monoisotopic (exact) mass is 351 g/mol. The fourth-order valence-electron chi connectivity index (χ4n) is 2.53. The van der Waals surface area contributed by atoms with Gasteiger partial charge in [-0.05, 0) is 31.7 Å². The van der Waals surface area contributed by atoms with Gasteiger partial charge in [0, 0.05) is 38.0 Å². The van der Waals surface area contributed by atoms with E-state index in [1.165, 1.54) is 6.08 Å². The summed E-state index contributed by atoms with van der Waals surface area (Å²) in [6.45, 7) is 3.41. The van der Waals surface area contributed by atoms with Crippen molar-refractivity contribution in [3.8, 4) is 0 Å². The van der Waals surface area contributed by atoms with Gasteiger partial charge in [-0.15, -0.1) is 0 Å². The minimum atomic E-state index is -3.53. The lowest BCUT2D eigenvalue weighted by Gasteiger charge is -2.20. The van der Waals surface area contributed by atoms with Gasteiger partial charge in [0.2, 0.25) is 15.9 Å². The summed E-state index contributed by atoms with van der Waals surface area (Å²) in [6, 6.07) is 9.21. The molecule has 7 heteroatoms. The molecule has 1 heterocycles. The second kappa shape index (κ2) is 8.96. The van der Waals surface area contributed by atoms with Crippen molar-refractivity contribution in [3.63, 3.8) is 0 Å². The van der Waals surface area contributed by atoms with E-state index >= 15 is 0 Å². The molecule has 0 spiro atoms. The van der Waals surface area contributed by atoms with Crippen molar-refractivity contribution in [2.24, 2.45) is 0 Å². The van der Waals surface area contributed by atoms with Crippen LogP contribution in [0.15, 0.2) is 35.7 Å². The first kappa shape index (κ1) is 18.6. The van der Waals surface area contributed by atoms with Crippen LogP contribution >= 0.6 is 0 Å². The Hall–Kier alpha value is -1.70. The molecule has 0 unspecified atom stereocenters. The summed E-state index contributed by atoms with van der Waals surface area (Å²) in [5.41, 5.74) is 0.813. The van der Waals surface area contributed by atoms with Crippen molar-refractivity contribution in [3.05, 3.63) is 41.3 Å². The number of amides is 1. The summed E-state index contributed by atoms with van der Waals surface area (Å²) in [5, 5.41) is 1.13. The second-order valence-corrected chi connectivity index (χ2v) is 7.59. The van der Waals surface area contributed by atoms with E-state index in [2.05, 4.69) is 9.62 Å². The molecule has 132 valence electrons. The molecule has 1 amide bonds. The highest BCUT2D eigenvalue weighted by atomic mass is 32.2. The van der Waals surface area contributed by atoms with Crippen molar-refractivity contribution in [2.75, 3.05) is 39.8 Å². The summed E-state index contributed by atoms with van der Waals surface area (Å²) in [5.74, 6) is 0.0000361. The Morgan fingerprint density at radius 3 is 2.67 bits per heavy atom. The van der Waals surface area contributed by atoms with Gasteiger partial charge in [0.25, 0.3) is 0 Å². The van der Waals surface area contributed by atoms with Crippen LogP contribution < -0.4 is 4.72 Å². The number of likely N-dealkylation sites (N-methyl/N-ethyl adjacent to an activating group) is 1. The summed E-state index contributed by atoms with van der Waals surface area (Å²) in [7, 11) is -1.49. The van der Waals surface area contributed by atoms with Crippen LogP contribution in [0.4, 0.5) is 0 Å². The third-order valence-corrected chi connectivity index (χ3v) is 5.05. The number of hydrogen-bond acceptors (Lipinski definition) is 4. The smallest absolute Gasteiger partial charge is 0.233 e. The molecule has 1 N–H and O–H groups in total. The Bertz CT molecular complexity index is 659. The molecule has 6 nitrogen and oxygen atoms in total. The molecule has 1 aliphatic rings. The summed E-state index contributed by atoms with van der Waals surface area (Å²) in [4.78, 5) is 16.2. The van der Waals surface area contributed by atoms with Crippen LogP contribution in [0.3, 0.4) is 0 Å². The molecule has 0 saturated carbocycles. The number of carbonyl (C=O) groups is 1. The predicted octanol–water partition coefficient (Wildman–Crippen LogP) is 1.13. The summed E-state index contributed by atoms with van der Waals surface area (Å²) >= 11 is 0. The number of benzene rings is 1. The molecule has 1 aliphatic heterocycles. The Kier molecular flexibility index (Phi) is 6.96. The minimum absolute atomic E-state index is 0.0000361. The van der Waals surface area contributed by atoms with Gasteiger partial charge in [0.05, 0.1) is 0 Å². The fourth-order valence-corrected chi connectivity index (χ4v) is 3.35. The molecule has 1 saturated heterocycles. The number of nitrogens with one attached hydrogen (secondary N) is 1. The largest absolute Gasteiger partial charge is 0.341 e. The van der Waals surface area contributed by atoms with Gasteiger partial charge in [0.1, 0.15) is 0 Å². The van der Waals surface area contributed by atoms with Gasteiger partial charge >= 0.3 is 0 Å². The van der Waals surface area contributed by atoms with Gasteiger partial charge in [0.15, 0.2) is 0 Å². The molecule has 1 aromatic rings. The van der Waals surface area contributed by atoms with Crippen LogP contribution in [0.25, 0.3) is 6.08 Å². The molecular formula is C17H25N3O3S. The molecule has 0 aromatic heterocycles. The third kappa shape index (κ3) is 6.43. The van der Waals surface area contributed by atoms with E-state index in [-0.39, 0.29) is 18.9 Å². The van der Waals surface area contributed by atoms with Gasteiger partial charge < -0.3 is 9.80 Å². The van der Waals surface area contributed by atoms with Crippen LogP contribution in [0.5, 0.6) is 0 Å². The van der Waals surface area contributed by atoms with Gasteiger partial charge in [-0.3, -0.25) is 4.79 Å². The van der Waals surface area contributed by atoms with Crippen molar-refractivity contribution in [1.29, 1.82) is 0 Å². The summed E-state index contributed by atoms with van der Waals surface area (Å²) in [6.07, 6.45) is 2.67. The lowest BCUT2D eigenvalue weighted by atomic mass is 10.2. The molecule has 0 aliphatic carbocycles. The second-order valence-electron chi connectivity index (χ2n) is 5.94. The molecule has 0 atom stereocenters. The third-order valence-electron chi connectivity index (χ3n) is 3.95. The summed E-state index contributed by atoms with van der Waals surface area (Å²) < 4.78 is 26.3. The van der Waals surface area contributed by atoms with E-state index in [1.807, 2.05) is 42.3 Å². The zero-order valence-electron chi connectivity index (χ0n) is 14.0. The van der Waals surface area contributed by atoms with E-state index in [1.54, 1.807) is 0 Å². The van der Waals surface area contributed by atoms with E-state index in [4.69, 9.17) is 0 Å². The first-order chi connectivity index (χ1) is 11.5. The van der Waals surface area contributed by atoms with Crippen molar-refractivity contribution in [2.45, 2.75) is 12.8 Å². The van der Waals surface area contributed by atoms with Crippen molar-refractivity contribution < 1.29 is 13.2 Å². The Morgan fingerprint density at radius 1 is 1.17 bits per heavy atom. The van der Waals surface area contributed by atoms with Crippen LogP contribution in [0, 0.1) is 0 Å². The molecule has 0 bridgehead atoms. The van der Waals surface area contributed by atoms with E-state index in [0.717, 1.165) is 37.0 Å². The van der Waals surface area contributed by atoms with Crippen LogP contribution in [-0.4, -0.2) is 63.9 Å². The van der Waals surface area contributed by atoms with Crippen molar-refractivity contribution >= 4 is 22.0 Å². The number of nitrogens with zero attached hydrogens (tertiary/aromatic N) is 2. The Labute approximate surface area is 144 Å². The van der Waals surface area contributed by atoms with Gasteiger partial charge in [-0.25, -0.2) is 13.1 Å². The highest BCUT2D eigenvalue weighted by molar-refractivity contribution is 7.92. The number of sulfonamides is 1. The zero-order valence-corrected chi connectivity index (χ0v) is 14.8. The lowest BCUT2D eigenvalue weighted by Crippen LogP contribution is -2.36. The fraction of sp³-hybridized carbons (Fsp3) is 0.471. The molecule has 0 radical (unpaired) electrons. The first-order valence-electron chi connectivity index (χ1n) is 8.15. The Balaban J connectivity index is 1.78. The van der Waals surface area contributed by atoms with E-state index in [9.17, 15) is 13.2 Å². The normalized spacial score (nSPS) is 17.1. The average molecular weight is 351 g/mol. The topological polar surface area (TPSA) is 69.7 Å². The average Bonchev–Trinajstić information content (AvgIpc) is 2.78. The predicted molar refractivity (Wildman–Crippen MR) is 95.7 cm³/mol. The lowest BCUT2D eigenvalue weighted by molar-refractivity contribution is -0.130. The highest BCUT2D eigenvalue weighted by Crippen LogP contribution is 2.04. The SMILES string of the molecule is CN1CCCN(C(=O)CCNS(=O)(=O)/C=C/c2ccccc2)CC1. The molecule has 24 heavy (non-hydrogen) atoms. The van der Waals surface area contributed by atoms with E-state index in [0.29, 0.717) is 6.54 Å². The maximum absolute atomic E-state index is 12.2. The van der Waals surface area contributed by atoms with Crippen LogP contribution in [0.1, 0.15) is 18.4 Å². The number of carbonyl (C=O) groups excluding carboxylic acids is 1. The van der Waals surface area contributed by atoms with Crippen LogP contribution in [-0.2, 0) is 14.8 Å². The minimum Gasteiger partial charge on any atom is -0.341 e. The highest BCUT2D eigenvalue weighted by Gasteiger charge is 2.17. The van der Waals surface area contributed by atoms with E-state index < -0.39 is 10.0 Å². The van der Waals surface area contributed by atoms with Gasteiger partial charge in [-0.2, -0.15) is 0 Å². The molecular weight excluding hydrogens is 326 g/mol. The zero-order chi connectivity index (χ0) is 17.4. The number of rotatable bonds is 6. The molecule has 1 fully saturated rings. The Morgan fingerprint density at radius 2 is 1.92 bits per heavy atom. The standard InChI is InChI=1S/C17H25N3O3S/c1-19-11-5-12-20(14-13-19)17(21)8-10-18-24(22,23)15-9-16-6-3-2-4-7-16/h2-4,6-7,9,15,18H,5,8,10-14H2,1H3/b15-9+. The quantitative estimate of drug-likeness (QED) is 0.834. The van der Waals surface area contributed by atoms with Gasteiger partial charge in [-0.1, -0.05) is 30.3 Å². The van der Waals surface area contributed by atoms with Crippen LogP contribution in [0.2, 0.25) is 0 Å². The maximum Gasteiger partial charge on any atom is 0.233 e. The molecule has 2 rings (SSSR count). The first-order valence-corrected chi connectivity index (χ1v) is 9.70. The van der Waals surface area contributed by atoms with Crippen molar-refractivity contribution in [1.82, 2.24) is 14.5 Å². The number of hydrogen-bond donors (Lipinski definition) is 1. The maximum atomic E-state index is 12.2.